The van der Waals surface area contributed by atoms with Gasteiger partial charge in [0.05, 0.1) is 5.71 Å². The van der Waals surface area contributed by atoms with Crippen LogP contribution in [0.25, 0.3) is 0 Å². The third-order valence-electron chi connectivity index (χ3n) is 2.92. The van der Waals surface area contributed by atoms with Gasteiger partial charge < -0.3 is 10.1 Å². The van der Waals surface area contributed by atoms with Crippen molar-refractivity contribution in [1.82, 2.24) is 5.43 Å². The molecule has 126 valence electrons. The molecule has 0 unspecified atom stereocenters. The van der Waals surface area contributed by atoms with E-state index < -0.39 is 6.61 Å². The maximum Gasteiger partial charge on any atom is 0.387 e. The second kappa shape index (κ2) is 8.30. The number of nitrogens with zero attached hydrogens (tertiary/aromatic N) is 1. The largest absolute Gasteiger partial charge is 0.434 e. The van der Waals surface area contributed by atoms with Crippen molar-refractivity contribution in [3.8, 4) is 5.75 Å². The van der Waals surface area contributed by atoms with Crippen LogP contribution in [-0.4, -0.2) is 17.4 Å². The first-order valence-electron chi connectivity index (χ1n) is 6.87. The van der Waals surface area contributed by atoms with Gasteiger partial charge >= 0.3 is 6.61 Å². The van der Waals surface area contributed by atoms with Gasteiger partial charge in [0.15, 0.2) is 5.11 Å². The highest BCUT2D eigenvalue weighted by molar-refractivity contribution is 7.80. The molecule has 0 spiro atoms. The molecule has 0 aliphatic rings. The number of benzene rings is 2. The summed E-state index contributed by atoms with van der Waals surface area (Å²) in [6, 6.07) is 11.9. The van der Waals surface area contributed by atoms with Crippen LogP contribution < -0.4 is 15.5 Å². The molecule has 0 radical (unpaired) electrons. The van der Waals surface area contributed by atoms with Crippen molar-refractivity contribution < 1.29 is 17.9 Å². The minimum Gasteiger partial charge on any atom is -0.434 e. The third-order valence-corrected chi connectivity index (χ3v) is 3.11. The third kappa shape index (κ3) is 5.24. The molecule has 0 aliphatic carbocycles. The fourth-order valence-electron chi connectivity index (χ4n) is 1.85. The van der Waals surface area contributed by atoms with Crippen LogP contribution in [0.4, 0.5) is 18.9 Å². The molecule has 4 nitrogen and oxygen atoms in total. The first-order valence-corrected chi connectivity index (χ1v) is 7.27. The maximum atomic E-state index is 12.8. The Labute approximate surface area is 142 Å². The molecule has 0 bridgehead atoms. The van der Waals surface area contributed by atoms with Crippen molar-refractivity contribution in [3.63, 3.8) is 0 Å². The van der Waals surface area contributed by atoms with Gasteiger partial charge in [0.1, 0.15) is 11.6 Å². The van der Waals surface area contributed by atoms with Crippen LogP contribution >= 0.6 is 12.2 Å². The molecule has 0 aromatic heterocycles. The molecule has 2 aromatic carbocycles. The summed E-state index contributed by atoms with van der Waals surface area (Å²) in [5.74, 6) is -0.336. The van der Waals surface area contributed by atoms with E-state index in [2.05, 4.69) is 20.6 Å². The van der Waals surface area contributed by atoms with E-state index in [0.717, 1.165) is 0 Å². The van der Waals surface area contributed by atoms with Gasteiger partial charge in [0.25, 0.3) is 0 Å². The van der Waals surface area contributed by atoms with Gasteiger partial charge in [-0.1, -0.05) is 12.1 Å². The van der Waals surface area contributed by atoms with Crippen molar-refractivity contribution in [2.45, 2.75) is 13.5 Å². The molecule has 0 atom stereocenters. The Bertz CT molecular complexity index is 736. The van der Waals surface area contributed by atoms with Crippen molar-refractivity contribution >= 4 is 28.7 Å². The number of hydrazone groups is 1. The Morgan fingerprint density at radius 2 is 1.79 bits per heavy atom. The number of para-hydroxylation sites is 1. The Morgan fingerprint density at radius 1 is 1.12 bits per heavy atom. The highest BCUT2D eigenvalue weighted by Gasteiger charge is 2.11. The summed E-state index contributed by atoms with van der Waals surface area (Å²) in [7, 11) is 0. The van der Waals surface area contributed by atoms with Gasteiger partial charge in [-0.3, -0.25) is 5.43 Å². The summed E-state index contributed by atoms with van der Waals surface area (Å²) >= 11 is 5.07. The molecule has 0 amide bonds. The monoisotopic (exact) mass is 353 g/mol. The number of nitrogens with one attached hydrogen (secondary N) is 2. The predicted octanol–water partition coefficient (Wildman–Crippen LogP) is 4.14. The summed E-state index contributed by atoms with van der Waals surface area (Å²) in [6.45, 7) is -1.30. The normalized spacial score (nSPS) is 11.3. The lowest BCUT2D eigenvalue weighted by Gasteiger charge is -2.11. The fourth-order valence-corrected chi connectivity index (χ4v) is 2.01. The minimum absolute atomic E-state index is 0.0213. The van der Waals surface area contributed by atoms with Gasteiger partial charge in [-0.25, -0.2) is 4.39 Å². The number of hydrogen-bond donors (Lipinski definition) is 2. The van der Waals surface area contributed by atoms with Crippen molar-refractivity contribution in [2.24, 2.45) is 5.10 Å². The molecule has 24 heavy (non-hydrogen) atoms. The van der Waals surface area contributed by atoms with Gasteiger partial charge in [-0.15, -0.1) is 0 Å². The molecule has 8 heteroatoms. The molecule has 2 aromatic rings. The van der Waals surface area contributed by atoms with Crippen molar-refractivity contribution in [1.29, 1.82) is 0 Å². The number of halogens is 3. The lowest BCUT2D eigenvalue weighted by molar-refractivity contribution is -0.0499. The molecule has 2 rings (SSSR count). The molecular weight excluding hydrogens is 339 g/mol. The topological polar surface area (TPSA) is 45.7 Å². The number of rotatable bonds is 5. The van der Waals surface area contributed by atoms with E-state index >= 15 is 0 Å². The van der Waals surface area contributed by atoms with Crippen LogP contribution in [0.3, 0.4) is 0 Å². The second-order valence-electron chi connectivity index (χ2n) is 4.64. The Kier molecular flexibility index (Phi) is 6.14. The van der Waals surface area contributed by atoms with E-state index in [1.54, 1.807) is 25.1 Å². The van der Waals surface area contributed by atoms with E-state index in [1.807, 2.05) is 0 Å². The van der Waals surface area contributed by atoms with Crippen LogP contribution in [0.15, 0.2) is 53.6 Å². The lowest BCUT2D eigenvalue weighted by Crippen LogP contribution is -2.25. The van der Waals surface area contributed by atoms with E-state index in [4.69, 9.17) is 12.2 Å². The number of anilines is 1. The van der Waals surface area contributed by atoms with Crippen LogP contribution in [-0.2, 0) is 0 Å². The average molecular weight is 353 g/mol. The number of hydrogen-bond acceptors (Lipinski definition) is 3. The van der Waals surface area contributed by atoms with Crippen LogP contribution in [0.1, 0.15) is 12.5 Å². The lowest BCUT2D eigenvalue weighted by atomic mass is 10.1. The van der Waals surface area contributed by atoms with Crippen LogP contribution in [0.2, 0.25) is 0 Å². The van der Waals surface area contributed by atoms with Gasteiger partial charge in [0.2, 0.25) is 0 Å². The smallest absolute Gasteiger partial charge is 0.387 e. The quantitative estimate of drug-likeness (QED) is 0.482. The maximum absolute atomic E-state index is 12.8. The van der Waals surface area contributed by atoms with E-state index in [1.165, 1.54) is 30.3 Å². The Morgan fingerprint density at radius 3 is 2.46 bits per heavy atom. The zero-order chi connectivity index (χ0) is 17.5. The van der Waals surface area contributed by atoms with Crippen LogP contribution in [0.5, 0.6) is 5.75 Å². The molecule has 0 fully saturated rings. The van der Waals surface area contributed by atoms with E-state index in [0.29, 0.717) is 17.0 Å². The predicted molar refractivity (Wildman–Crippen MR) is 91.0 cm³/mol. The van der Waals surface area contributed by atoms with Gasteiger partial charge in [-0.05, 0) is 55.5 Å². The molecule has 0 saturated heterocycles. The summed E-state index contributed by atoms with van der Waals surface area (Å²) in [5.41, 5.74) is 4.01. The number of alkyl halides is 2. The summed E-state index contributed by atoms with van der Waals surface area (Å²) in [4.78, 5) is 0. The molecule has 0 saturated carbocycles. The highest BCUT2D eigenvalue weighted by atomic mass is 32.1. The minimum atomic E-state index is -2.92. The SMILES string of the molecule is C/C(=N/NC(=S)Nc1ccc(F)cc1)c1ccccc1OC(F)F. The first-order chi connectivity index (χ1) is 11.5. The highest BCUT2D eigenvalue weighted by Crippen LogP contribution is 2.20. The average Bonchev–Trinajstić information content (AvgIpc) is 2.55. The van der Waals surface area contributed by atoms with Gasteiger partial charge in [-0.2, -0.15) is 13.9 Å². The number of ether oxygens (including phenoxy) is 1. The van der Waals surface area contributed by atoms with E-state index in [9.17, 15) is 13.2 Å². The Hall–Kier alpha value is -2.61. The Balaban J connectivity index is 2.03. The zero-order valence-corrected chi connectivity index (χ0v) is 13.4. The summed E-state index contributed by atoms with van der Waals surface area (Å²) < 4.78 is 42.1. The van der Waals surface area contributed by atoms with Crippen molar-refractivity contribution in [3.05, 3.63) is 59.9 Å². The second-order valence-corrected chi connectivity index (χ2v) is 5.05. The van der Waals surface area contributed by atoms with Gasteiger partial charge in [0, 0.05) is 11.3 Å². The summed E-state index contributed by atoms with van der Waals surface area (Å²) in [6.07, 6.45) is 0. The molecule has 0 aliphatic heterocycles. The fraction of sp³-hybridized carbons (Fsp3) is 0.125. The molecular formula is C16H14F3N3OS. The standard InChI is InChI=1S/C16H14F3N3OS/c1-10(13-4-2-3-5-14(13)23-15(18)19)21-22-16(24)20-12-8-6-11(17)7-9-12/h2-9,15H,1H3,(H2,20,22,24)/b21-10-. The first kappa shape index (κ1) is 17.7. The zero-order valence-electron chi connectivity index (χ0n) is 12.6. The molecule has 2 N–H and O–H groups in total. The summed E-state index contributed by atoms with van der Waals surface area (Å²) in [5, 5.41) is 7.03. The number of thiocarbonyl (C=S) groups is 1. The molecule has 0 heterocycles. The van der Waals surface area contributed by atoms with E-state index in [-0.39, 0.29) is 16.7 Å². The van der Waals surface area contributed by atoms with Crippen LogP contribution in [0, 0.1) is 5.82 Å². The van der Waals surface area contributed by atoms with Crippen molar-refractivity contribution in [2.75, 3.05) is 5.32 Å².